The van der Waals surface area contributed by atoms with Crippen LogP contribution in [0, 0.1) is 13.8 Å². The predicted octanol–water partition coefficient (Wildman–Crippen LogP) is 3.37. The average Bonchev–Trinajstić information content (AvgIpc) is 3.35. The summed E-state index contributed by atoms with van der Waals surface area (Å²) in [5, 5.41) is 14.5. The van der Waals surface area contributed by atoms with Gasteiger partial charge in [-0.1, -0.05) is 12.1 Å². The van der Waals surface area contributed by atoms with Crippen molar-refractivity contribution in [3.05, 3.63) is 54.0 Å². The highest BCUT2D eigenvalue weighted by Crippen LogP contribution is 2.25. The maximum atomic E-state index is 12.6. The molecule has 7 nitrogen and oxygen atoms in total. The second-order valence-corrected chi connectivity index (χ2v) is 6.74. The summed E-state index contributed by atoms with van der Waals surface area (Å²) in [5.41, 5.74) is 4.84. The normalized spacial score (nSPS) is 16.8. The van der Waals surface area contributed by atoms with Crippen LogP contribution < -0.4 is 5.32 Å². The molecular formula is C19H22N6O. The van der Waals surface area contributed by atoms with Gasteiger partial charge in [0.25, 0.3) is 0 Å². The number of nitrogens with one attached hydrogen (secondary N) is 2. The summed E-state index contributed by atoms with van der Waals surface area (Å²) in [6.45, 7) is 5.46. The molecule has 1 aliphatic rings. The lowest BCUT2D eigenvalue weighted by Crippen LogP contribution is -2.33. The van der Waals surface area contributed by atoms with Crippen LogP contribution in [0.15, 0.2) is 42.6 Å². The van der Waals surface area contributed by atoms with E-state index in [9.17, 15) is 4.79 Å². The highest BCUT2D eigenvalue weighted by atomic mass is 16.2. The number of H-pyrrole nitrogens is 1. The van der Waals surface area contributed by atoms with E-state index in [4.69, 9.17) is 0 Å². The Bertz CT molecular complexity index is 914. The first-order valence-electron chi connectivity index (χ1n) is 8.78. The molecule has 1 fully saturated rings. The number of aryl methyl sites for hydroxylation is 2. The van der Waals surface area contributed by atoms with E-state index in [1.54, 1.807) is 6.20 Å². The Hall–Kier alpha value is -3.09. The standard InChI is InChI=1S/C19H22N6O/c1-13-10-14(2)25(23-13)17-7-9-24(12-17)19(26)21-16-5-3-4-15(11-16)18-6-8-20-22-18/h3-6,8,10-11,17H,7,9,12H2,1-2H3,(H,20,22)(H,21,26)/t17-/m0/s1. The van der Waals surface area contributed by atoms with Crippen LogP contribution in [-0.2, 0) is 0 Å². The highest BCUT2D eigenvalue weighted by molar-refractivity contribution is 5.90. The second-order valence-electron chi connectivity index (χ2n) is 6.74. The van der Waals surface area contributed by atoms with Crippen molar-refractivity contribution < 1.29 is 4.79 Å². The van der Waals surface area contributed by atoms with Gasteiger partial charge in [0.15, 0.2) is 0 Å². The number of aromatic amines is 1. The number of aromatic nitrogens is 4. The van der Waals surface area contributed by atoms with E-state index in [0.717, 1.165) is 41.3 Å². The first-order valence-corrected chi connectivity index (χ1v) is 8.78. The van der Waals surface area contributed by atoms with E-state index in [2.05, 4.69) is 33.6 Å². The minimum Gasteiger partial charge on any atom is -0.322 e. The molecule has 1 aliphatic heterocycles. The van der Waals surface area contributed by atoms with Crippen molar-refractivity contribution in [3.8, 4) is 11.3 Å². The molecule has 134 valence electrons. The van der Waals surface area contributed by atoms with Gasteiger partial charge in [-0.25, -0.2) is 4.79 Å². The van der Waals surface area contributed by atoms with Gasteiger partial charge in [-0.2, -0.15) is 10.2 Å². The Morgan fingerprint density at radius 3 is 2.88 bits per heavy atom. The first-order chi connectivity index (χ1) is 12.6. The van der Waals surface area contributed by atoms with Gasteiger partial charge in [-0.15, -0.1) is 0 Å². The van der Waals surface area contributed by atoms with Crippen LogP contribution in [0.1, 0.15) is 23.9 Å². The van der Waals surface area contributed by atoms with Gasteiger partial charge >= 0.3 is 6.03 Å². The number of carbonyl (C=O) groups excluding carboxylic acids is 1. The number of urea groups is 1. The van der Waals surface area contributed by atoms with Crippen molar-refractivity contribution in [2.45, 2.75) is 26.3 Å². The molecule has 0 unspecified atom stereocenters. The number of hydrogen-bond donors (Lipinski definition) is 2. The molecule has 0 saturated carbocycles. The van der Waals surface area contributed by atoms with Gasteiger partial charge in [0, 0.05) is 36.2 Å². The number of rotatable bonds is 3. The number of hydrogen-bond acceptors (Lipinski definition) is 3. The smallest absolute Gasteiger partial charge is 0.321 e. The minimum atomic E-state index is -0.0733. The van der Waals surface area contributed by atoms with Crippen molar-refractivity contribution in [1.29, 1.82) is 0 Å². The van der Waals surface area contributed by atoms with Crippen molar-refractivity contribution in [2.24, 2.45) is 0 Å². The zero-order chi connectivity index (χ0) is 18.1. The van der Waals surface area contributed by atoms with Gasteiger partial charge < -0.3 is 10.2 Å². The van der Waals surface area contributed by atoms with Gasteiger partial charge in [0.1, 0.15) is 0 Å². The lowest BCUT2D eigenvalue weighted by molar-refractivity contribution is 0.220. The molecule has 0 aliphatic carbocycles. The fourth-order valence-corrected chi connectivity index (χ4v) is 3.53. The van der Waals surface area contributed by atoms with Crippen molar-refractivity contribution in [1.82, 2.24) is 24.9 Å². The third kappa shape index (κ3) is 3.20. The van der Waals surface area contributed by atoms with Crippen LogP contribution in [0.4, 0.5) is 10.5 Å². The molecule has 0 bridgehead atoms. The molecule has 26 heavy (non-hydrogen) atoms. The molecular weight excluding hydrogens is 328 g/mol. The zero-order valence-electron chi connectivity index (χ0n) is 14.9. The van der Waals surface area contributed by atoms with Gasteiger partial charge in [-0.05, 0) is 44.5 Å². The number of likely N-dealkylation sites (tertiary alicyclic amines) is 1. The number of nitrogens with zero attached hydrogens (tertiary/aromatic N) is 4. The molecule has 1 aromatic carbocycles. The summed E-state index contributed by atoms with van der Waals surface area (Å²) >= 11 is 0. The van der Waals surface area contributed by atoms with Crippen LogP contribution in [0.25, 0.3) is 11.3 Å². The quantitative estimate of drug-likeness (QED) is 0.760. The molecule has 0 radical (unpaired) electrons. The summed E-state index contributed by atoms with van der Waals surface area (Å²) in [7, 11) is 0. The molecule has 2 aromatic heterocycles. The van der Waals surface area contributed by atoms with Crippen LogP contribution in [0.5, 0.6) is 0 Å². The summed E-state index contributed by atoms with van der Waals surface area (Å²) in [4.78, 5) is 14.5. The molecule has 4 rings (SSSR count). The molecule has 1 atom stereocenters. The first kappa shape index (κ1) is 16.4. The summed E-state index contributed by atoms with van der Waals surface area (Å²) in [6, 6.07) is 11.9. The Morgan fingerprint density at radius 1 is 1.27 bits per heavy atom. The lowest BCUT2D eigenvalue weighted by Gasteiger charge is -2.18. The van der Waals surface area contributed by atoms with E-state index in [1.807, 2.05) is 46.8 Å². The van der Waals surface area contributed by atoms with Gasteiger partial charge in [-0.3, -0.25) is 9.78 Å². The van der Waals surface area contributed by atoms with Crippen molar-refractivity contribution in [3.63, 3.8) is 0 Å². The maximum absolute atomic E-state index is 12.6. The molecule has 7 heteroatoms. The zero-order valence-corrected chi connectivity index (χ0v) is 14.9. The predicted molar refractivity (Wildman–Crippen MR) is 100.0 cm³/mol. The van der Waals surface area contributed by atoms with E-state index >= 15 is 0 Å². The van der Waals surface area contributed by atoms with E-state index < -0.39 is 0 Å². The fraction of sp³-hybridized carbons (Fsp3) is 0.316. The Balaban J connectivity index is 1.43. The van der Waals surface area contributed by atoms with Crippen LogP contribution in [0.3, 0.4) is 0 Å². The number of carbonyl (C=O) groups is 1. The third-order valence-electron chi connectivity index (χ3n) is 4.77. The number of anilines is 1. The second kappa shape index (κ2) is 6.67. The van der Waals surface area contributed by atoms with Crippen LogP contribution >= 0.6 is 0 Å². The highest BCUT2D eigenvalue weighted by Gasteiger charge is 2.28. The Kier molecular flexibility index (Phi) is 4.20. The van der Waals surface area contributed by atoms with Crippen molar-refractivity contribution in [2.75, 3.05) is 18.4 Å². The molecule has 0 spiro atoms. The van der Waals surface area contributed by atoms with Gasteiger partial charge in [0.05, 0.1) is 17.4 Å². The molecule has 2 amide bonds. The van der Waals surface area contributed by atoms with E-state index in [-0.39, 0.29) is 12.1 Å². The Labute approximate surface area is 152 Å². The van der Waals surface area contributed by atoms with Gasteiger partial charge in [0.2, 0.25) is 0 Å². The minimum absolute atomic E-state index is 0.0733. The van der Waals surface area contributed by atoms with E-state index in [1.165, 1.54) is 0 Å². The van der Waals surface area contributed by atoms with Crippen LogP contribution in [-0.4, -0.2) is 44.0 Å². The van der Waals surface area contributed by atoms with Crippen LogP contribution in [0.2, 0.25) is 0 Å². The summed E-state index contributed by atoms with van der Waals surface area (Å²) in [6.07, 6.45) is 2.63. The monoisotopic (exact) mass is 350 g/mol. The Morgan fingerprint density at radius 2 is 2.15 bits per heavy atom. The average molecular weight is 350 g/mol. The fourth-order valence-electron chi connectivity index (χ4n) is 3.53. The lowest BCUT2D eigenvalue weighted by atomic mass is 10.1. The number of benzene rings is 1. The van der Waals surface area contributed by atoms with Crippen molar-refractivity contribution >= 4 is 11.7 Å². The number of amides is 2. The molecule has 3 aromatic rings. The maximum Gasteiger partial charge on any atom is 0.321 e. The molecule has 1 saturated heterocycles. The largest absolute Gasteiger partial charge is 0.322 e. The van der Waals surface area contributed by atoms with E-state index in [0.29, 0.717) is 6.54 Å². The molecule has 3 heterocycles. The summed E-state index contributed by atoms with van der Waals surface area (Å²) < 4.78 is 2.04. The molecule has 2 N–H and O–H groups in total. The summed E-state index contributed by atoms with van der Waals surface area (Å²) in [5.74, 6) is 0. The topological polar surface area (TPSA) is 78.8 Å². The third-order valence-corrected chi connectivity index (χ3v) is 4.77. The SMILES string of the molecule is Cc1cc(C)n([C@H]2CCN(C(=O)Nc3cccc(-c4ccn[nH]4)c3)C2)n1.